The third-order valence-electron chi connectivity index (χ3n) is 4.24. The van der Waals surface area contributed by atoms with E-state index >= 15 is 0 Å². The largest absolute Gasteiger partial charge is 0.496 e. The molecule has 0 atom stereocenters. The van der Waals surface area contributed by atoms with Crippen LogP contribution in [0.5, 0.6) is 5.75 Å². The number of ether oxygens (including phenoxy) is 2. The zero-order valence-electron chi connectivity index (χ0n) is 13.8. The summed E-state index contributed by atoms with van der Waals surface area (Å²) in [6.07, 6.45) is 0.897. The Kier molecular flexibility index (Phi) is 5.26. The minimum absolute atomic E-state index is 0.101. The van der Waals surface area contributed by atoms with Crippen LogP contribution in [0.2, 0.25) is 0 Å². The number of hydrogen-bond acceptors (Lipinski definition) is 4. The second-order valence-electron chi connectivity index (χ2n) is 6.06. The highest BCUT2D eigenvalue weighted by Gasteiger charge is 2.36. The SMILES string of the molecule is COc1c(C)cc(C(=O)NC2(CC(=O)O)CCOCC2)cc1C. The smallest absolute Gasteiger partial charge is 0.305 e. The molecule has 1 aliphatic heterocycles. The summed E-state index contributed by atoms with van der Waals surface area (Å²) in [7, 11) is 1.60. The lowest BCUT2D eigenvalue weighted by atomic mass is 9.86. The first kappa shape index (κ1) is 17.3. The summed E-state index contributed by atoms with van der Waals surface area (Å²) in [5.41, 5.74) is 1.51. The Morgan fingerprint density at radius 3 is 2.30 bits per heavy atom. The molecule has 1 aromatic rings. The van der Waals surface area contributed by atoms with Crippen LogP contribution in [0.1, 0.15) is 40.7 Å². The van der Waals surface area contributed by atoms with Gasteiger partial charge in [0.05, 0.1) is 19.1 Å². The van der Waals surface area contributed by atoms with Gasteiger partial charge in [0.2, 0.25) is 0 Å². The molecule has 6 heteroatoms. The molecule has 1 amide bonds. The predicted octanol–water partition coefficient (Wildman–Crippen LogP) is 2.07. The second kappa shape index (κ2) is 7.00. The van der Waals surface area contributed by atoms with Crippen molar-refractivity contribution in [3.63, 3.8) is 0 Å². The van der Waals surface area contributed by atoms with E-state index in [1.807, 2.05) is 13.8 Å². The van der Waals surface area contributed by atoms with Crippen LogP contribution in [0.3, 0.4) is 0 Å². The summed E-state index contributed by atoms with van der Waals surface area (Å²) < 4.78 is 10.6. The summed E-state index contributed by atoms with van der Waals surface area (Å²) in [4.78, 5) is 23.8. The van der Waals surface area contributed by atoms with Crippen molar-refractivity contribution in [2.24, 2.45) is 0 Å². The molecule has 0 unspecified atom stereocenters. The molecule has 1 heterocycles. The number of hydrogen-bond donors (Lipinski definition) is 2. The minimum atomic E-state index is -0.922. The fourth-order valence-electron chi connectivity index (χ4n) is 3.11. The van der Waals surface area contributed by atoms with Crippen molar-refractivity contribution in [3.05, 3.63) is 28.8 Å². The van der Waals surface area contributed by atoms with E-state index in [0.29, 0.717) is 31.6 Å². The predicted molar refractivity (Wildman–Crippen MR) is 85.0 cm³/mol. The van der Waals surface area contributed by atoms with Gasteiger partial charge in [-0.2, -0.15) is 0 Å². The second-order valence-corrected chi connectivity index (χ2v) is 6.06. The number of carbonyl (C=O) groups excluding carboxylic acids is 1. The van der Waals surface area contributed by atoms with Crippen LogP contribution in [-0.4, -0.2) is 42.8 Å². The van der Waals surface area contributed by atoms with Crippen molar-refractivity contribution >= 4 is 11.9 Å². The van der Waals surface area contributed by atoms with Crippen LogP contribution in [0, 0.1) is 13.8 Å². The number of nitrogens with one attached hydrogen (secondary N) is 1. The van der Waals surface area contributed by atoms with Crippen molar-refractivity contribution in [2.75, 3.05) is 20.3 Å². The fraction of sp³-hybridized carbons (Fsp3) is 0.529. The Labute approximate surface area is 135 Å². The quantitative estimate of drug-likeness (QED) is 0.867. The summed E-state index contributed by atoms with van der Waals surface area (Å²) in [5, 5.41) is 12.1. The van der Waals surface area contributed by atoms with Gasteiger partial charge in [-0.15, -0.1) is 0 Å². The number of carbonyl (C=O) groups is 2. The van der Waals surface area contributed by atoms with E-state index < -0.39 is 11.5 Å². The Hall–Kier alpha value is -2.08. The van der Waals surface area contributed by atoms with Gasteiger partial charge in [-0.3, -0.25) is 9.59 Å². The average molecular weight is 321 g/mol. The topological polar surface area (TPSA) is 84.9 Å². The maximum Gasteiger partial charge on any atom is 0.305 e. The van der Waals surface area contributed by atoms with Crippen molar-refractivity contribution in [2.45, 2.75) is 38.6 Å². The first-order valence-corrected chi connectivity index (χ1v) is 7.64. The zero-order chi connectivity index (χ0) is 17.0. The number of benzene rings is 1. The van der Waals surface area contributed by atoms with Gasteiger partial charge in [-0.1, -0.05) is 0 Å². The molecule has 0 aromatic heterocycles. The van der Waals surface area contributed by atoms with Gasteiger partial charge in [0.1, 0.15) is 5.75 Å². The molecular formula is C17H23NO5. The van der Waals surface area contributed by atoms with Crippen LogP contribution in [0.4, 0.5) is 0 Å². The number of aliphatic carboxylic acids is 1. The highest BCUT2D eigenvalue weighted by atomic mass is 16.5. The van der Waals surface area contributed by atoms with Crippen LogP contribution >= 0.6 is 0 Å². The third-order valence-corrected chi connectivity index (χ3v) is 4.24. The number of carboxylic acid groups (broad SMARTS) is 1. The maximum atomic E-state index is 12.6. The molecule has 23 heavy (non-hydrogen) atoms. The number of aryl methyl sites for hydroxylation is 2. The minimum Gasteiger partial charge on any atom is -0.496 e. The molecule has 2 N–H and O–H groups in total. The van der Waals surface area contributed by atoms with Crippen molar-refractivity contribution < 1.29 is 24.2 Å². The molecule has 0 spiro atoms. The third kappa shape index (κ3) is 4.01. The lowest BCUT2D eigenvalue weighted by molar-refractivity contribution is -0.139. The van der Waals surface area contributed by atoms with Gasteiger partial charge in [-0.25, -0.2) is 0 Å². The van der Waals surface area contributed by atoms with Crippen LogP contribution < -0.4 is 10.1 Å². The molecule has 1 aliphatic rings. The van der Waals surface area contributed by atoms with E-state index in [2.05, 4.69) is 5.32 Å². The first-order valence-electron chi connectivity index (χ1n) is 7.64. The summed E-state index contributed by atoms with van der Waals surface area (Å²) >= 11 is 0. The number of rotatable bonds is 5. The molecule has 126 valence electrons. The van der Waals surface area contributed by atoms with E-state index in [1.54, 1.807) is 19.2 Å². The summed E-state index contributed by atoms with van der Waals surface area (Å²) in [6, 6.07) is 3.52. The Morgan fingerprint density at radius 1 is 1.26 bits per heavy atom. The Balaban J connectivity index is 2.23. The molecule has 1 saturated heterocycles. The van der Waals surface area contributed by atoms with Gasteiger partial charge < -0.3 is 19.9 Å². The average Bonchev–Trinajstić information content (AvgIpc) is 2.46. The highest BCUT2D eigenvalue weighted by molar-refractivity contribution is 5.95. The van der Waals surface area contributed by atoms with Gasteiger partial charge >= 0.3 is 5.97 Å². The van der Waals surface area contributed by atoms with E-state index in [0.717, 1.165) is 16.9 Å². The van der Waals surface area contributed by atoms with E-state index in [9.17, 15) is 9.59 Å². The summed E-state index contributed by atoms with van der Waals surface area (Å²) in [5.74, 6) is -0.427. The highest BCUT2D eigenvalue weighted by Crippen LogP contribution is 2.27. The molecule has 0 radical (unpaired) electrons. The van der Waals surface area contributed by atoms with E-state index in [4.69, 9.17) is 14.6 Å². The fourth-order valence-corrected chi connectivity index (χ4v) is 3.11. The molecule has 1 aromatic carbocycles. The van der Waals surface area contributed by atoms with Crippen molar-refractivity contribution in [3.8, 4) is 5.75 Å². The van der Waals surface area contributed by atoms with E-state index in [1.165, 1.54) is 0 Å². The Morgan fingerprint density at radius 2 is 1.83 bits per heavy atom. The monoisotopic (exact) mass is 321 g/mol. The molecule has 0 bridgehead atoms. The van der Waals surface area contributed by atoms with Gasteiger partial charge in [0.25, 0.3) is 5.91 Å². The molecule has 1 fully saturated rings. The van der Waals surface area contributed by atoms with Crippen molar-refractivity contribution in [1.29, 1.82) is 0 Å². The lowest BCUT2D eigenvalue weighted by Crippen LogP contribution is -2.53. The van der Waals surface area contributed by atoms with Gasteiger partial charge in [0, 0.05) is 18.8 Å². The Bertz CT molecular complexity index is 582. The van der Waals surface area contributed by atoms with Crippen LogP contribution in [0.15, 0.2) is 12.1 Å². The molecule has 2 rings (SSSR count). The zero-order valence-corrected chi connectivity index (χ0v) is 13.8. The molecule has 0 saturated carbocycles. The lowest BCUT2D eigenvalue weighted by Gasteiger charge is -2.36. The normalized spacial score (nSPS) is 16.7. The summed E-state index contributed by atoms with van der Waals surface area (Å²) in [6.45, 7) is 4.66. The van der Waals surface area contributed by atoms with Crippen molar-refractivity contribution in [1.82, 2.24) is 5.32 Å². The van der Waals surface area contributed by atoms with Gasteiger partial charge in [0.15, 0.2) is 0 Å². The first-order chi connectivity index (χ1) is 10.9. The standard InChI is InChI=1S/C17H23NO5/c1-11-8-13(9-12(2)15(11)22-3)16(21)18-17(10-14(19)20)4-6-23-7-5-17/h8-9H,4-7,10H2,1-3H3,(H,18,21)(H,19,20). The molecular weight excluding hydrogens is 298 g/mol. The van der Waals surface area contributed by atoms with Gasteiger partial charge in [-0.05, 0) is 49.9 Å². The maximum absolute atomic E-state index is 12.6. The number of carboxylic acids is 1. The van der Waals surface area contributed by atoms with Crippen LogP contribution in [0.25, 0.3) is 0 Å². The number of amides is 1. The number of methoxy groups -OCH3 is 1. The molecule has 6 nitrogen and oxygen atoms in total. The van der Waals surface area contributed by atoms with E-state index in [-0.39, 0.29) is 12.3 Å². The van der Waals surface area contributed by atoms with Crippen LogP contribution in [-0.2, 0) is 9.53 Å². The molecule has 0 aliphatic carbocycles.